The maximum atomic E-state index is 10.3. The van der Waals surface area contributed by atoms with Crippen LogP contribution < -0.4 is 0 Å². The third-order valence-corrected chi connectivity index (χ3v) is 1.08. The lowest BCUT2D eigenvalue weighted by molar-refractivity contribution is 0.112. The number of azide groups is 1. The summed E-state index contributed by atoms with van der Waals surface area (Å²) >= 11 is 0. The molecule has 0 spiro atoms. The molecule has 0 atom stereocenters. The van der Waals surface area contributed by atoms with Gasteiger partial charge in [-0.1, -0.05) is 0 Å². The van der Waals surface area contributed by atoms with Crippen LogP contribution in [0.15, 0.2) is 23.4 Å². The van der Waals surface area contributed by atoms with Crippen LogP contribution in [0.25, 0.3) is 10.4 Å². The first-order chi connectivity index (χ1) is 5.38. The maximum Gasteiger partial charge on any atom is 0.152 e. The van der Waals surface area contributed by atoms with Crippen LogP contribution in [0.3, 0.4) is 0 Å². The number of hydrogen-bond acceptors (Lipinski definition) is 3. The van der Waals surface area contributed by atoms with E-state index in [-0.39, 0.29) is 5.82 Å². The Kier molecular flexibility index (Phi) is 2.20. The van der Waals surface area contributed by atoms with Gasteiger partial charge in [-0.2, -0.15) is 0 Å². The number of rotatable bonds is 2. The molecule has 0 saturated heterocycles. The van der Waals surface area contributed by atoms with E-state index in [4.69, 9.17) is 5.53 Å². The van der Waals surface area contributed by atoms with Crippen LogP contribution in [0.4, 0.5) is 5.82 Å². The highest BCUT2D eigenvalue weighted by atomic mass is 16.1. The Labute approximate surface area is 62.3 Å². The monoisotopic (exact) mass is 148 g/mol. The number of aldehydes is 1. The molecule has 0 bridgehead atoms. The molecular weight excluding hydrogens is 144 g/mol. The van der Waals surface area contributed by atoms with Gasteiger partial charge in [0.25, 0.3) is 0 Å². The second-order valence-corrected chi connectivity index (χ2v) is 1.72. The zero-order valence-corrected chi connectivity index (χ0v) is 5.51. The zero-order valence-electron chi connectivity index (χ0n) is 5.51. The van der Waals surface area contributed by atoms with E-state index >= 15 is 0 Å². The summed E-state index contributed by atoms with van der Waals surface area (Å²) in [6, 6.07) is 3.13. The van der Waals surface area contributed by atoms with Gasteiger partial charge >= 0.3 is 0 Å². The van der Waals surface area contributed by atoms with E-state index in [9.17, 15) is 4.79 Å². The third kappa shape index (κ3) is 1.53. The molecule has 1 aromatic rings. The molecule has 0 amide bonds. The molecule has 0 fully saturated rings. The summed E-state index contributed by atoms with van der Waals surface area (Å²) in [5.74, 6) is 0.116. The molecule has 1 heterocycles. The van der Waals surface area contributed by atoms with Crippen molar-refractivity contribution in [3.8, 4) is 0 Å². The lowest BCUT2D eigenvalue weighted by Crippen LogP contribution is -1.81. The molecule has 0 unspecified atom stereocenters. The molecule has 1 aromatic heterocycles. The molecular formula is C6H4N4O. The largest absolute Gasteiger partial charge is 0.298 e. The van der Waals surface area contributed by atoms with Gasteiger partial charge in [-0.3, -0.25) is 9.78 Å². The van der Waals surface area contributed by atoms with Gasteiger partial charge in [-0.15, -0.1) is 0 Å². The molecule has 0 aliphatic rings. The van der Waals surface area contributed by atoms with Crippen molar-refractivity contribution >= 4 is 12.1 Å². The van der Waals surface area contributed by atoms with Crippen molar-refractivity contribution < 1.29 is 4.79 Å². The fraction of sp³-hybridized carbons (Fsp3) is 0. The van der Waals surface area contributed by atoms with Gasteiger partial charge in [0.1, 0.15) is 5.82 Å². The lowest BCUT2D eigenvalue weighted by atomic mass is 10.3. The van der Waals surface area contributed by atoms with Crippen LogP contribution in [0, 0.1) is 0 Å². The Morgan fingerprint density at radius 1 is 1.73 bits per heavy atom. The predicted molar refractivity (Wildman–Crippen MR) is 38.4 cm³/mol. The normalized spacial score (nSPS) is 8.36. The van der Waals surface area contributed by atoms with Crippen LogP contribution >= 0.6 is 0 Å². The van der Waals surface area contributed by atoms with Crippen LogP contribution in [-0.4, -0.2) is 11.3 Å². The van der Waals surface area contributed by atoms with Crippen molar-refractivity contribution in [3.63, 3.8) is 0 Å². The molecule has 54 valence electrons. The summed E-state index contributed by atoms with van der Waals surface area (Å²) in [6.07, 6.45) is 2.05. The summed E-state index contributed by atoms with van der Waals surface area (Å²) in [4.78, 5) is 16.5. The smallest absolute Gasteiger partial charge is 0.152 e. The molecule has 11 heavy (non-hydrogen) atoms. The van der Waals surface area contributed by atoms with Crippen molar-refractivity contribution in [2.75, 3.05) is 0 Å². The molecule has 5 heteroatoms. The molecule has 0 aliphatic heterocycles. The summed E-state index contributed by atoms with van der Waals surface area (Å²) in [7, 11) is 0. The van der Waals surface area contributed by atoms with E-state index < -0.39 is 0 Å². The Morgan fingerprint density at radius 3 is 3.18 bits per heavy atom. The van der Waals surface area contributed by atoms with Crippen molar-refractivity contribution in [2.45, 2.75) is 0 Å². The molecule has 0 radical (unpaired) electrons. The minimum absolute atomic E-state index is 0.116. The first-order valence-corrected chi connectivity index (χ1v) is 2.84. The molecule has 0 aliphatic carbocycles. The number of hydrogen-bond donors (Lipinski definition) is 0. The Morgan fingerprint density at radius 2 is 2.55 bits per heavy atom. The second kappa shape index (κ2) is 3.34. The Bertz CT molecular complexity index is 316. The minimum atomic E-state index is 0.116. The topological polar surface area (TPSA) is 78.7 Å². The number of carbonyl (C=O) groups excluding carboxylic acids is 1. The van der Waals surface area contributed by atoms with Gasteiger partial charge < -0.3 is 0 Å². The van der Waals surface area contributed by atoms with Gasteiger partial charge in [0.15, 0.2) is 6.29 Å². The van der Waals surface area contributed by atoms with Crippen molar-refractivity contribution in [2.24, 2.45) is 5.11 Å². The Balaban J connectivity index is 3.21. The van der Waals surface area contributed by atoms with Gasteiger partial charge in [0, 0.05) is 16.7 Å². The van der Waals surface area contributed by atoms with Gasteiger partial charge in [-0.25, -0.2) is 0 Å². The van der Waals surface area contributed by atoms with E-state index in [1.165, 1.54) is 12.3 Å². The average molecular weight is 148 g/mol. The number of aromatic nitrogens is 1. The van der Waals surface area contributed by atoms with Crippen LogP contribution in [-0.2, 0) is 0 Å². The number of nitrogens with zero attached hydrogens (tertiary/aromatic N) is 4. The second-order valence-electron chi connectivity index (χ2n) is 1.72. The molecule has 0 N–H and O–H groups in total. The quantitative estimate of drug-likeness (QED) is 0.277. The maximum absolute atomic E-state index is 10.3. The molecule has 0 saturated carbocycles. The van der Waals surface area contributed by atoms with Crippen LogP contribution in [0.2, 0.25) is 0 Å². The average Bonchev–Trinajstić information content (AvgIpc) is 2.06. The third-order valence-electron chi connectivity index (χ3n) is 1.08. The number of carbonyl (C=O) groups is 1. The highest BCUT2D eigenvalue weighted by molar-refractivity contribution is 5.80. The summed E-state index contributed by atoms with van der Waals surface area (Å²) in [6.45, 7) is 0. The van der Waals surface area contributed by atoms with Crippen molar-refractivity contribution in [3.05, 3.63) is 34.3 Å². The fourth-order valence-corrected chi connectivity index (χ4v) is 0.627. The highest BCUT2D eigenvalue weighted by Crippen LogP contribution is 2.11. The van der Waals surface area contributed by atoms with Gasteiger partial charge in [-0.05, 0) is 22.8 Å². The predicted octanol–water partition coefficient (Wildman–Crippen LogP) is 1.84. The zero-order chi connectivity index (χ0) is 8.10. The van der Waals surface area contributed by atoms with E-state index in [1.54, 1.807) is 6.07 Å². The van der Waals surface area contributed by atoms with Crippen LogP contribution in [0.5, 0.6) is 0 Å². The highest BCUT2D eigenvalue weighted by Gasteiger charge is 1.96. The molecule has 0 aromatic carbocycles. The lowest BCUT2D eigenvalue weighted by Gasteiger charge is -1.91. The van der Waals surface area contributed by atoms with Gasteiger partial charge in [0.2, 0.25) is 0 Å². The van der Waals surface area contributed by atoms with E-state index in [0.29, 0.717) is 11.8 Å². The standard InChI is InChI=1S/C6H4N4O/c7-10-9-6-5(4-11)2-1-3-8-6/h1-4H. The van der Waals surface area contributed by atoms with E-state index in [0.717, 1.165) is 0 Å². The minimum Gasteiger partial charge on any atom is -0.298 e. The Hall–Kier alpha value is -1.87. The van der Waals surface area contributed by atoms with Crippen LogP contribution in [0.1, 0.15) is 10.4 Å². The van der Waals surface area contributed by atoms with Crippen molar-refractivity contribution in [1.29, 1.82) is 0 Å². The molecule has 1 rings (SSSR count). The summed E-state index contributed by atoms with van der Waals surface area (Å²) < 4.78 is 0. The first-order valence-electron chi connectivity index (χ1n) is 2.84. The van der Waals surface area contributed by atoms with Crippen molar-refractivity contribution in [1.82, 2.24) is 4.98 Å². The van der Waals surface area contributed by atoms with Gasteiger partial charge in [0.05, 0.1) is 0 Å². The van der Waals surface area contributed by atoms with E-state index in [2.05, 4.69) is 15.0 Å². The van der Waals surface area contributed by atoms with E-state index in [1.807, 2.05) is 0 Å². The SMILES string of the molecule is [N-]=[N+]=Nc1ncccc1C=O. The first kappa shape index (κ1) is 7.24. The summed E-state index contributed by atoms with van der Waals surface area (Å²) in [5.41, 5.74) is 8.34. The fourth-order valence-electron chi connectivity index (χ4n) is 0.627. The number of pyridine rings is 1. The molecule has 5 nitrogen and oxygen atoms in total. The summed E-state index contributed by atoms with van der Waals surface area (Å²) in [5, 5.41) is 3.22.